The Morgan fingerprint density at radius 2 is 2.19 bits per heavy atom. The number of benzene rings is 1. The van der Waals surface area contributed by atoms with Crippen molar-refractivity contribution in [1.29, 1.82) is 0 Å². The van der Waals surface area contributed by atoms with E-state index in [0.717, 1.165) is 36.3 Å². The minimum Gasteiger partial charge on any atom is -0.508 e. The van der Waals surface area contributed by atoms with Crippen LogP contribution in [0.5, 0.6) is 11.5 Å². The molecule has 0 aliphatic carbocycles. The highest BCUT2D eigenvalue weighted by Crippen LogP contribution is 2.39. The molecule has 16 heavy (non-hydrogen) atoms. The van der Waals surface area contributed by atoms with Crippen LogP contribution in [0.1, 0.15) is 30.9 Å². The van der Waals surface area contributed by atoms with E-state index in [1.54, 1.807) is 7.11 Å². The molecule has 3 heteroatoms. The van der Waals surface area contributed by atoms with E-state index in [9.17, 15) is 5.11 Å². The van der Waals surface area contributed by atoms with E-state index in [0.29, 0.717) is 5.75 Å². The van der Waals surface area contributed by atoms with Crippen LogP contribution < -0.4 is 10.1 Å². The summed E-state index contributed by atoms with van der Waals surface area (Å²) in [6.45, 7) is 5.06. The molecule has 1 heterocycles. The van der Waals surface area contributed by atoms with Crippen molar-refractivity contribution >= 4 is 0 Å². The predicted octanol–water partition coefficient (Wildman–Crippen LogP) is 2.31. The number of methoxy groups -OCH3 is 1. The number of hydrogen-bond acceptors (Lipinski definition) is 3. The van der Waals surface area contributed by atoms with Crippen molar-refractivity contribution < 1.29 is 9.84 Å². The minimum absolute atomic E-state index is 0.0729. The Hall–Kier alpha value is -1.22. The Morgan fingerprint density at radius 3 is 2.75 bits per heavy atom. The molecule has 1 saturated heterocycles. The van der Waals surface area contributed by atoms with Gasteiger partial charge >= 0.3 is 0 Å². The molecule has 1 aromatic carbocycles. The number of phenolic OH excluding ortho intramolecular Hbond substituents is 1. The lowest BCUT2D eigenvalue weighted by molar-refractivity contribution is 0.366. The maximum absolute atomic E-state index is 9.81. The SMILES string of the molecule is COc1cc(C)c(O)cc1C1(C)CCCN1. The molecule has 1 aliphatic rings. The summed E-state index contributed by atoms with van der Waals surface area (Å²) in [4.78, 5) is 0. The number of ether oxygens (including phenoxy) is 1. The van der Waals surface area contributed by atoms with Crippen molar-refractivity contribution in [3.05, 3.63) is 23.3 Å². The molecule has 0 radical (unpaired) electrons. The van der Waals surface area contributed by atoms with Gasteiger partial charge in [0.25, 0.3) is 0 Å². The fraction of sp³-hybridized carbons (Fsp3) is 0.538. The molecule has 88 valence electrons. The first-order valence-electron chi connectivity index (χ1n) is 5.70. The average molecular weight is 221 g/mol. The number of phenols is 1. The van der Waals surface area contributed by atoms with Gasteiger partial charge < -0.3 is 15.2 Å². The molecule has 0 amide bonds. The van der Waals surface area contributed by atoms with Gasteiger partial charge in [0.05, 0.1) is 7.11 Å². The summed E-state index contributed by atoms with van der Waals surface area (Å²) in [6, 6.07) is 3.72. The lowest BCUT2D eigenvalue weighted by Crippen LogP contribution is -2.33. The Kier molecular flexibility index (Phi) is 2.80. The van der Waals surface area contributed by atoms with Gasteiger partial charge in [-0.2, -0.15) is 0 Å². The van der Waals surface area contributed by atoms with E-state index in [2.05, 4.69) is 12.2 Å². The van der Waals surface area contributed by atoms with Gasteiger partial charge in [-0.05, 0) is 50.9 Å². The molecule has 0 aromatic heterocycles. The third kappa shape index (κ3) is 1.76. The Labute approximate surface area is 96.4 Å². The highest BCUT2D eigenvalue weighted by molar-refractivity contribution is 5.48. The number of rotatable bonds is 2. The quantitative estimate of drug-likeness (QED) is 0.805. The van der Waals surface area contributed by atoms with Crippen LogP contribution in [0, 0.1) is 6.92 Å². The van der Waals surface area contributed by atoms with Crippen molar-refractivity contribution in [1.82, 2.24) is 5.32 Å². The van der Waals surface area contributed by atoms with Crippen LogP contribution in [0.2, 0.25) is 0 Å². The van der Waals surface area contributed by atoms with Gasteiger partial charge in [0, 0.05) is 11.1 Å². The van der Waals surface area contributed by atoms with Gasteiger partial charge in [0.1, 0.15) is 11.5 Å². The zero-order valence-corrected chi connectivity index (χ0v) is 10.1. The topological polar surface area (TPSA) is 41.5 Å². The maximum atomic E-state index is 9.81. The third-order valence-electron chi connectivity index (χ3n) is 3.48. The monoisotopic (exact) mass is 221 g/mol. The van der Waals surface area contributed by atoms with Crippen LogP contribution in [-0.4, -0.2) is 18.8 Å². The van der Waals surface area contributed by atoms with Gasteiger partial charge in [-0.3, -0.25) is 0 Å². The largest absolute Gasteiger partial charge is 0.508 e. The van der Waals surface area contributed by atoms with Crippen molar-refractivity contribution in [3.63, 3.8) is 0 Å². The zero-order valence-electron chi connectivity index (χ0n) is 10.1. The molecule has 1 atom stereocenters. The van der Waals surface area contributed by atoms with Gasteiger partial charge in [0.2, 0.25) is 0 Å². The predicted molar refractivity (Wildman–Crippen MR) is 64.0 cm³/mol. The summed E-state index contributed by atoms with van der Waals surface area (Å²) in [6.07, 6.45) is 2.24. The summed E-state index contributed by atoms with van der Waals surface area (Å²) in [5, 5.41) is 13.3. The first kappa shape index (κ1) is 11.3. The van der Waals surface area contributed by atoms with Crippen LogP contribution in [-0.2, 0) is 5.54 Å². The van der Waals surface area contributed by atoms with E-state index in [-0.39, 0.29) is 5.54 Å². The summed E-state index contributed by atoms with van der Waals surface area (Å²) in [5.74, 6) is 1.19. The molecule has 0 spiro atoms. The van der Waals surface area contributed by atoms with E-state index in [1.165, 1.54) is 0 Å². The van der Waals surface area contributed by atoms with Crippen molar-refractivity contribution in [2.75, 3.05) is 13.7 Å². The molecular weight excluding hydrogens is 202 g/mol. The first-order chi connectivity index (χ1) is 7.57. The molecule has 3 nitrogen and oxygen atoms in total. The molecule has 1 aliphatic heterocycles. The van der Waals surface area contributed by atoms with Gasteiger partial charge in [0.15, 0.2) is 0 Å². The standard InChI is InChI=1S/C13H19NO2/c1-9-7-12(16-3)10(8-11(9)15)13(2)5-4-6-14-13/h7-8,14-15H,4-6H2,1-3H3. The number of hydrogen-bond donors (Lipinski definition) is 2. The summed E-state index contributed by atoms with van der Waals surface area (Å²) < 4.78 is 5.41. The highest BCUT2D eigenvalue weighted by atomic mass is 16.5. The summed E-state index contributed by atoms with van der Waals surface area (Å²) >= 11 is 0. The minimum atomic E-state index is -0.0729. The molecule has 1 unspecified atom stereocenters. The van der Waals surface area contributed by atoms with Crippen LogP contribution in [0.25, 0.3) is 0 Å². The van der Waals surface area contributed by atoms with Crippen LogP contribution >= 0.6 is 0 Å². The van der Waals surface area contributed by atoms with E-state index in [1.807, 2.05) is 19.1 Å². The maximum Gasteiger partial charge on any atom is 0.124 e. The van der Waals surface area contributed by atoms with Crippen LogP contribution in [0.4, 0.5) is 0 Å². The lowest BCUT2D eigenvalue weighted by Gasteiger charge is -2.27. The van der Waals surface area contributed by atoms with Gasteiger partial charge in [-0.15, -0.1) is 0 Å². The van der Waals surface area contributed by atoms with Gasteiger partial charge in [-0.1, -0.05) is 0 Å². The van der Waals surface area contributed by atoms with Crippen molar-refractivity contribution in [2.24, 2.45) is 0 Å². The molecule has 2 N–H and O–H groups in total. The van der Waals surface area contributed by atoms with Crippen LogP contribution in [0.15, 0.2) is 12.1 Å². The third-order valence-corrected chi connectivity index (χ3v) is 3.48. The Balaban J connectivity index is 2.50. The molecule has 1 aromatic rings. The number of aromatic hydroxyl groups is 1. The molecular formula is C13H19NO2. The highest BCUT2D eigenvalue weighted by Gasteiger charge is 2.33. The zero-order chi connectivity index (χ0) is 11.8. The second-order valence-electron chi connectivity index (χ2n) is 4.70. The average Bonchev–Trinajstić information content (AvgIpc) is 2.69. The van der Waals surface area contributed by atoms with E-state index in [4.69, 9.17) is 4.74 Å². The Bertz CT molecular complexity index is 395. The summed E-state index contributed by atoms with van der Waals surface area (Å²) in [7, 11) is 1.67. The first-order valence-corrected chi connectivity index (χ1v) is 5.70. The van der Waals surface area contributed by atoms with E-state index < -0.39 is 0 Å². The van der Waals surface area contributed by atoms with Crippen molar-refractivity contribution in [2.45, 2.75) is 32.2 Å². The van der Waals surface area contributed by atoms with Gasteiger partial charge in [-0.25, -0.2) is 0 Å². The Morgan fingerprint density at radius 1 is 1.44 bits per heavy atom. The van der Waals surface area contributed by atoms with Crippen LogP contribution in [0.3, 0.4) is 0 Å². The van der Waals surface area contributed by atoms with E-state index >= 15 is 0 Å². The normalized spacial score (nSPS) is 24.7. The molecule has 1 fully saturated rings. The summed E-state index contributed by atoms with van der Waals surface area (Å²) in [5.41, 5.74) is 1.83. The second-order valence-corrected chi connectivity index (χ2v) is 4.70. The molecule has 0 saturated carbocycles. The number of nitrogens with one attached hydrogen (secondary N) is 1. The molecule has 2 rings (SSSR count). The fourth-order valence-electron chi connectivity index (χ4n) is 2.39. The number of aryl methyl sites for hydroxylation is 1. The lowest BCUT2D eigenvalue weighted by atomic mass is 9.89. The fourth-order valence-corrected chi connectivity index (χ4v) is 2.39. The second kappa shape index (κ2) is 3.98. The van der Waals surface area contributed by atoms with Crippen molar-refractivity contribution in [3.8, 4) is 11.5 Å². The smallest absolute Gasteiger partial charge is 0.124 e. The molecule has 0 bridgehead atoms.